The highest BCUT2D eigenvalue weighted by molar-refractivity contribution is 7.99. The number of nitrogens with zero attached hydrogens (tertiary/aromatic N) is 4. The predicted octanol–water partition coefficient (Wildman–Crippen LogP) is 4.69. The van der Waals surface area contributed by atoms with Gasteiger partial charge < -0.3 is 4.74 Å². The second kappa shape index (κ2) is 10.7. The van der Waals surface area contributed by atoms with Gasteiger partial charge in [0, 0.05) is 23.0 Å². The number of ether oxygens (including phenoxy) is 1. The van der Waals surface area contributed by atoms with E-state index in [9.17, 15) is 14.9 Å². The first-order valence-electron chi connectivity index (χ1n) is 9.29. The molecule has 0 fully saturated rings. The molecule has 1 heterocycles. The van der Waals surface area contributed by atoms with E-state index in [4.69, 9.17) is 16.3 Å². The summed E-state index contributed by atoms with van der Waals surface area (Å²) in [5, 5.41) is 16.2. The van der Waals surface area contributed by atoms with Crippen LogP contribution in [0.15, 0.2) is 58.8 Å². The maximum atomic E-state index is 12.0. The smallest absolute Gasteiger partial charge is 0.312 e. The molecule has 32 heavy (non-hydrogen) atoms. The zero-order chi connectivity index (χ0) is 23.1. The number of halogens is 1. The van der Waals surface area contributed by atoms with E-state index in [0.29, 0.717) is 21.5 Å². The summed E-state index contributed by atoms with van der Waals surface area (Å²) in [5.74, 6) is 0.0536. The van der Waals surface area contributed by atoms with Gasteiger partial charge in [0.25, 0.3) is 5.91 Å². The molecule has 9 nitrogen and oxygen atoms in total. The van der Waals surface area contributed by atoms with Crippen LogP contribution in [0.25, 0.3) is 0 Å². The lowest BCUT2D eigenvalue weighted by Gasteiger charge is -2.08. The van der Waals surface area contributed by atoms with Crippen molar-refractivity contribution in [1.29, 1.82) is 0 Å². The molecule has 1 aromatic heterocycles. The highest BCUT2D eigenvalue weighted by atomic mass is 35.5. The normalized spacial score (nSPS) is 10.8. The standard InChI is InChI=1S/C21H18ClN5O4S/c1-13-9-14(2)25-21(24-13)32-12-20(28)26-23-11-15-7-8-19(17(10-15)27(29)30)31-18-6-4-3-5-16(18)22/h3-11H,12H2,1-2H3,(H,26,28)/b23-11+. The molecule has 0 bridgehead atoms. The van der Waals surface area contributed by atoms with E-state index in [1.807, 2.05) is 19.9 Å². The van der Waals surface area contributed by atoms with E-state index >= 15 is 0 Å². The van der Waals surface area contributed by atoms with Gasteiger partial charge in [0.05, 0.1) is 21.9 Å². The third-order valence-electron chi connectivity index (χ3n) is 3.93. The van der Waals surface area contributed by atoms with Gasteiger partial charge in [0.1, 0.15) is 5.75 Å². The average molecular weight is 472 g/mol. The second-order valence-electron chi connectivity index (χ2n) is 6.53. The lowest BCUT2D eigenvalue weighted by Crippen LogP contribution is -2.19. The molecule has 0 saturated heterocycles. The molecular formula is C21H18ClN5O4S. The molecule has 0 unspecified atom stereocenters. The van der Waals surface area contributed by atoms with Crippen molar-refractivity contribution in [1.82, 2.24) is 15.4 Å². The van der Waals surface area contributed by atoms with Crippen LogP contribution in [0.1, 0.15) is 17.0 Å². The monoisotopic (exact) mass is 471 g/mol. The fourth-order valence-electron chi connectivity index (χ4n) is 2.59. The van der Waals surface area contributed by atoms with Gasteiger partial charge in [-0.15, -0.1) is 0 Å². The molecule has 1 amide bonds. The maximum Gasteiger partial charge on any atom is 0.312 e. The van der Waals surface area contributed by atoms with E-state index in [1.54, 1.807) is 30.3 Å². The number of rotatable bonds is 8. The van der Waals surface area contributed by atoms with Gasteiger partial charge in [-0.05, 0) is 44.2 Å². The fourth-order valence-corrected chi connectivity index (χ4v) is 3.51. The fraction of sp³-hybridized carbons (Fsp3) is 0.143. The number of amides is 1. The summed E-state index contributed by atoms with van der Waals surface area (Å²) in [5.41, 5.74) is 4.17. The third kappa shape index (κ3) is 6.50. The van der Waals surface area contributed by atoms with Crippen molar-refractivity contribution in [2.45, 2.75) is 19.0 Å². The zero-order valence-corrected chi connectivity index (χ0v) is 18.7. The molecule has 0 atom stereocenters. The number of nitro benzene ring substituents is 1. The summed E-state index contributed by atoms with van der Waals surface area (Å²) in [4.78, 5) is 31.4. The van der Waals surface area contributed by atoms with Gasteiger partial charge in [-0.3, -0.25) is 14.9 Å². The van der Waals surface area contributed by atoms with E-state index < -0.39 is 4.92 Å². The molecule has 0 radical (unpaired) electrons. The first-order chi connectivity index (χ1) is 15.3. The lowest BCUT2D eigenvalue weighted by molar-refractivity contribution is -0.385. The summed E-state index contributed by atoms with van der Waals surface area (Å²) in [6.45, 7) is 3.71. The first kappa shape index (κ1) is 23.2. The number of carbonyl (C=O) groups is 1. The molecule has 1 N–H and O–H groups in total. The van der Waals surface area contributed by atoms with E-state index in [2.05, 4.69) is 20.5 Å². The van der Waals surface area contributed by atoms with Crippen LogP contribution in [0.5, 0.6) is 11.5 Å². The summed E-state index contributed by atoms with van der Waals surface area (Å²) < 4.78 is 5.59. The minimum atomic E-state index is -0.567. The highest BCUT2D eigenvalue weighted by Gasteiger charge is 2.17. The topological polar surface area (TPSA) is 120 Å². The van der Waals surface area contributed by atoms with Gasteiger partial charge in [-0.1, -0.05) is 35.5 Å². The second-order valence-corrected chi connectivity index (χ2v) is 7.88. The van der Waals surface area contributed by atoms with Gasteiger partial charge in [-0.2, -0.15) is 5.10 Å². The van der Waals surface area contributed by atoms with Crippen LogP contribution in [0.4, 0.5) is 5.69 Å². The van der Waals surface area contributed by atoms with Gasteiger partial charge in [0.2, 0.25) is 5.75 Å². The Labute approximate surface area is 193 Å². The highest BCUT2D eigenvalue weighted by Crippen LogP contribution is 2.35. The molecule has 2 aromatic carbocycles. The van der Waals surface area contributed by atoms with Crippen LogP contribution in [0.3, 0.4) is 0 Å². The number of hydrazone groups is 1. The Morgan fingerprint density at radius 2 is 1.91 bits per heavy atom. The van der Waals surface area contributed by atoms with Gasteiger partial charge >= 0.3 is 5.69 Å². The predicted molar refractivity (Wildman–Crippen MR) is 123 cm³/mol. The zero-order valence-electron chi connectivity index (χ0n) is 17.1. The molecule has 11 heteroatoms. The number of para-hydroxylation sites is 1. The molecule has 3 aromatic rings. The Hall–Kier alpha value is -3.50. The Balaban J connectivity index is 1.62. The SMILES string of the molecule is Cc1cc(C)nc(SCC(=O)N/N=C/c2ccc(Oc3ccccc3Cl)c([N+](=O)[O-])c2)n1. The number of thioether (sulfide) groups is 1. The number of hydrogen-bond donors (Lipinski definition) is 1. The minimum Gasteiger partial charge on any atom is -0.449 e. The largest absolute Gasteiger partial charge is 0.449 e. The number of nitrogens with one attached hydrogen (secondary N) is 1. The number of aryl methyl sites for hydroxylation is 2. The van der Waals surface area contributed by atoms with Gasteiger partial charge in [0.15, 0.2) is 5.16 Å². The Kier molecular flexibility index (Phi) is 7.74. The number of aromatic nitrogens is 2. The molecule has 164 valence electrons. The summed E-state index contributed by atoms with van der Waals surface area (Å²) in [7, 11) is 0. The van der Waals surface area contributed by atoms with Crippen molar-refractivity contribution >= 4 is 41.2 Å². The molecule has 0 aliphatic carbocycles. The van der Waals surface area contributed by atoms with Crippen molar-refractivity contribution in [2.75, 3.05) is 5.75 Å². The minimum absolute atomic E-state index is 0.0362. The number of nitro groups is 1. The van der Waals surface area contributed by atoms with Crippen molar-refractivity contribution in [3.8, 4) is 11.5 Å². The summed E-state index contributed by atoms with van der Waals surface area (Å²) in [6, 6.07) is 12.8. The molecule has 3 rings (SSSR count). The molecule has 0 aliphatic rings. The van der Waals surface area contributed by atoms with Crippen LogP contribution in [0.2, 0.25) is 5.02 Å². The molecule has 0 aliphatic heterocycles. The van der Waals surface area contributed by atoms with Crippen LogP contribution in [-0.4, -0.2) is 32.8 Å². The first-order valence-corrected chi connectivity index (χ1v) is 10.7. The van der Waals surface area contributed by atoms with Crippen LogP contribution in [0, 0.1) is 24.0 Å². The number of benzene rings is 2. The van der Waals surface area contributed by atoms with Crippen LogP contribution >= 0.6 is 23.4 Å². The van der Waals surface area contributed by atoms with Crippen molar-refractivity contribution in [3.63, 3.8) is 0 Å². The number of hydrogen-bond acceptors (Lipinski definition) is 8. The van der Waals surface area contributed by atoms with E-state index in [-0.39, 0.29) is 23.1 Å². The maximum absolute atomic E-state index is 12.0. The van der Waals surface area contributed by atoms with Gasteiger partial charge in [-0.25, -0.2) is 15.4 Å². The molecular weight excluding hydrogens is 454 g/mol. The van der Waals surface area contributed by atoms with Crippen molar-refractivity contribution in [2.24, 2.45) is 5.10 Å². The molecule has 0 saturated carbocycles. The van der Waals surface area contributed by atoms with Crippen molar-refractivity contribution < 1.29 is 14.5 Å². The third-order valence-corrected chi connectivity index (χ3v) is 5.09. The van der Waals surface area contributed by atoms with Crippen LogP contribution < -0.4 is 10.2 Å². The average Bonchev–Trinajstić information content (AvgIpc) is 2.74. The van der Waals surface area contributed by atoms with E-state index in [0.717, 1.165) is 11.4 Å². The molecule has 0 spiro atoms. The van der Waals surface area contributed by atoms with Crippen LogP contribution in [-0.2, 0) is 4.79 Å². The van der Waals surface area contributed by atoms with Crippen molar-refractivity contribution in [3.05, 3.63) is 80.6 Å². The Morgan fingerprint density at radius 1 is 1.19 bits per heavy atom. The lowest BCUT2D eigenvalue weighted by atomic mass is 10.2. The number of carbonyl (C=O) groups excluding carboxylic acids is 1. The Morgan fingerprint density at radius 3 is 2.59 bits per heavy atom. The Bertz CT molecular complexity index is 1170. The summed E-state index contributed by atoms with van der Waals surface area (Å²) in [6.07, 6.45) is 1.31. The quantitative estimate of drug-likeness (QED) is 0.166. The summed E-state index contributed by atoms with van der Waals surface area (Å²) >= 11 is 7.24. The van der Waals surface area contributed by atoms with E-state index in [1.165, 1.54) is 30.1 Å².